The number of halogens is 1. The Morgan fingerprint density at radius 3 is 2.70 bits per heavy atom. The number of furan rings is 1. The zero-order valence-corrected chi connectivity index (χ0v) is 16.6. The summed E-state index contributed by atoms with van der Waals surface area (Å²) in [4.78, 5) is 4.18. The highest BCUT2D eigenvalue weighted by atomic mass is 127. The predicted molar refractivity (Wildman–Crippen MR) is 102 cm³/mol. The monoisotopic (exact) mass is 437 g/mol. The van der Waals surface area contributed by atoms with Gasteiger partial charge in [-0.25, -0.2) is 0 Å². The normalized spacial score (nSPS) is 20.7. The third-order valence-corrected chi connectivity index (χ3v) is 3.97. The van der Waals surface area contributed by atoms with Crippen molar-refractivity contribution in [2.75, 3.05) is 26.7 Å². The lowest BCUT2D eigenvalue weighted by molar-refractivity contribution is 0.0600. The summed E-state index contributed by atoms with van der Waals surface area (Å²) in [6, 6.07) is 1.87. The number of guanidine groups is 1. The zero-order chi connectivity index (χ0) is 16.2. The van der Waals surface area contributed by atoms with Crippen molar-refractivity contribution in [1.29, 1.82) is 0 Å². The fourth-order valence-electron chi connectivity index (χ4n) is 2.75. The number of nitrogens with one attached hydrogen (secondary N) is 2. The molecule has 0 spiro atoms. The molecule has 0 amide bonds. The van der Waals surface area contributed by atoms with E-state index in [4.69, 9.17) is 9.15 Å². The van der Waals surface area contributed by atoms with E-state index in [9.17, 15) is 5.11 Å². The summed E-state index contributed by atoms with van der Waals surface area (Å²) in [7, 11) is 1.72. The molecular formula is C16H28IN3O3. The van der Waals surface area contributed by atoms with Crippen LogP contribution in [0, 0.1) is 13.8 Å². The van der Waals surface area contributed by atoms with Gasteiger partial charge in [0.15, 0.2) is 5.96 Å². The first kappa shape index (κ1) is 20.2. The van der Waals surface area contributed by atoms with Crippen molar-refractivity contribution < 1.29 is 14.3 Å². The lowest BCUT2D eigenvalue weighted by Gasteiger charge is -2.25. The maximum Gasteiger partial charge on any atom is 0.191 e. The Morgan fingerprint density at radius 2 is 2.17 bits per heavy atom. The van der Waals surface area contributed by atoms with Crippen LogP contribution in [0.1, 0.15) is 36.8 Å². The maximum absolute atomic E-state index is 10.7. The minimum Gasteiger partial charge on any atom is -0.466 e. The van der Waals surface area contributed by atoms with Gasteiger partial charge in [-0.2, -0.15) is 0 Å². The van der Waals surface area contributed by atoms with Crippen molar-refractivity contribution in [1.82, 2.24) is 10.6 Å². The molecule has 2 rings (SSSR count). The third-order valence-electron chi connectivity index (χ3n) is 3.97. The molecule has 1 fully saturated rings. The van der Waals surface area contributed by atoms with Crippen LogP contribution in [-0.2, 0) is 10.3 Å². The maximum atomic E-state index is 10.7. The van der Waals surface area contributed by atoms with E-state index >= 15 is 0 Å². The Bertz CT molecular complexity index is 523. The van der Waals surface area contributed by atoms with Gasteiger partial charge >= 0.3 is 0 Å². The van der Waals surface area contributed by atoms with E-state index < -0.39 is 5.60 Å². The number of hydrogen-bond donors (Lipinski definition) is 3. The molecule has 1 saturated heterocycles. The zero-order valence-electron chi connectivity index (χ0n) is 14.3. The Labute approximate surface area is 155 Å². The Balaban J connectivity index is 0.00000264. The summed E-state index contributed by atoms with van der Waals surface area (Å²) in [5.74, 6) is 2.20. The highest BCUT2D eigenvalue weighted by molar-refractivity contribution is 14.0. The molecule has 0 aromatic carbocycles. The van der Waals surface area contributed by atoms with Gasteiger partial charge in [-0.05, 0) is 39.7 Å². The second kappa shape index (κ2) is 8.89. The molecule has 1 aromatic rings. The fourth-order valence-corrected chi connectivity index (χ4v) is 2.75. The lowest BCUT2D eigenvalue weighted by Crippen LogP contribution is -2.46. The van der Waals surface area contributed by atoms with Crippen LogP contribution in [-0.4, -0.2) is 43.9 Å². The van der Waals surface area contributed by atoms with Crippen molar-refractivity contribution in [3.63, 3.8) is 0 Å². The SMILES string of the molecule is CN=C(NCC1CCCO1)NCC(C)(O)c1cc(C)oc1C.I. The minimum absolute atomic E-state index is 0. The number of aliphatic hydroxyl groups is 1. The second-order valence-electron chi connectivity index (χ2n) is 6.04. The van der Waals surface area contributed by atoms with E-state index in [-0.39, 0.29) is 30.1 Å². The molecule has 0 saturated carbocycles. The Kier molecular flexibility index (Phi) is 7.82. The topological polar surface area (TPSA) is 79.0 Å². The molecule has 2 atom stereocenters. The number of hydrogen-bond acceptors (Lipinski definition) is 4. The van der Waals surface area contributed by atoms with E-state index in [0.29, 0.717) is 12.5 Å². The number of aliphatic imine (C=N–C) groups is 1. The number of rotatable bonds is 5. The summed E-state index contributed by atoms with van der Waals surface area (Å²) < 4.78 is 11.1. The van der Waals surface area contributed by atoms with Gasteiger partial charge in [0.2, 0.25) is 0 Å². The summed E-state index contributed by atoms with van der Waals surface area (Å²) in [6.45, 7) is 7.42. The Hall–Kier alpha value is -0.800. The average Bonchev–Trinajstić information content (AvgIpc) is 3.08. The van der Waals surface area contributed by atoms with Crippen LogP contribution in [0.5, 0.6) is 0 Å². The van der Waals surface area contributed by atoms with E-state index in [1.165, 1.54) is 0 Å². The van der Waals surface area contributed by atoms with Crippen LogP contribution in [0.3, 0.4) is 0 Å². The quantitative estimate of drug-likeness (QED) is 0.374. The van der Waals surface area contributed by atoms with E-state index in [2.05, 4.69) is 15.6 Å². The van der Waals surface area contributed by atoms with Crippen LogP contribution in [0.25, 0.3) is 0 Å². The van der Waals surface area contributed by atoms with Crippen LogP contribution in [0.4, 0.5) is 0 Å². The highest BCUT2D eigenvalue weighted by Gasteiger charge is 2.28. The van der Waals surface area contributed by atoms with Gasteiger partial charge in [0.1, 0.15) is 17.1 Å². The molecule has 3 N–H and O–H groups in total. The summed E-state index contributed by atoms with van der Waals surface area (Å²) >= 11 is 0. The van der Waals surface area contributed by atoms with Gasteiger partial charge in [0.05, 0.1) is 12.6 Å². The van der Waals surface area contributed by atoms with Crippen LogP contribution in [0.2, 0.25) is 0 Å². The van der Waals surface area contributed by atoms with Crippen molar-refractivity contribution >= 4 is 29.9 Å². The molecule has 6 nitrogen and oxygen atoms in total. The smallest absolute Gasteiger partial charge is 0.191 e. The molecule has 1 aromatic heterocycles. The van der Waals surface area contributed by atoms with Crippen molar-refractivity contribution in [2.45, 2.75) is 45.3 Å². The van der Waals surface area contributed by atoms with Crippen molar-refractivity contribution in [3.8, 4) is 0 Å². The average molecular weight is 437 g/mol. The van der Waals surface area contributed by atoms with Crippen LogP contribution >= 0.6 is 24.0 Å². The number of aryl methyl sites for hydroxylation is 2. The van der Waals surface area contributed by atoms with Crippen molar-refractivity contribution in [2.24, 2.45) is 4.99 Å². The molecule has 1 aliphatic rings. The molecule has 0 radical (unpaired) electrons. The molecule has 2 heterocycles. The summed E-state index contributed by atoms with van der Waals surface area (Å²) in [6.07, 6.45) is 2.44. The molecular weight excluding hydrogens is 409 g/mol. The predicted octanol–water partition coefficient (Wildman–Crippen LogP) is 2.07. The molecule has 1 aliphatic heterocycles. The van der Waals surface area contributed by atoms with Gasteiger partial charge in [-0.15, -0.1) is 24.0 Å². The molecule has 23 heavy (non-hydrogen) atoms. The number of nitrogens with zero attached hydrogens (tertiary/aromatic N) is 1. The van der Waals surface area contributed by atoms with Crippen molar-refractivity contribution in [3.05, 3.63) is 23.2 Å². The van der Waals surface area contributed by atoms with Gasteiger partial charge in [-0.3, -0.25) is 4.99 Å². The molecule has 132 valence electrons. The van der Waals surface area contributed by atoms with E-state index in [1.807, 2.05) is 19.9 Å². The first-order valence-electron chi connectivity index (χ1n) is 7.78. The largest absolute Gasteiger partial charge is 0.466 e. The minimum atomic E-state index is -1.02. The van der Waals surface area contributed by atoms with Gasteiger partial charge < -0.3 is 24.9 Å². The third kappa shape index (κ3) is 5.65. The van der Waals surface area contributed by atoms with E-state index in [0.717, 1.165) is 43.1 Å². The van der Waals surface area contributed by atoms with Crippen LogP contribution in [0.15, 0.2) is 15.5 Å². The van der Waals surface area contributed by atoms with Gasteiger partial charge in [0, 0.05) is 25.8 Å². The fraction of sp³-hybridized carbons (Fsp3) is 0.688. The first-order valence-corrected chi connectivity index (χ1v) is 7.78. The molecule has 7 heteroatoms. The molecule has 2 unspecified atom stereocenters. The molecule has 0 aliphatic carbocycles. The summed E-state index contributed by atoms with van der Waals surface area (Å²) in [5, 5.41) is 17.1. The molecule has 0 bridgehead atoms. The first-order chi connectivity index (χ1) is 10.4. The highest BCUT2D eigenvalue weighted by Crippen LogP contribution is 2.26. The second-order valence-corrected chi connectivity index (χ2v) is 6.04. The Morgan fingerprint density at radius 1 is 1.43 bits per heavy atom. The number of ether oxygens (including phenoxy) is 1. The summed E-state index contributed by atoms with van der Waals surface area (Å²) in [5.41, 5.74) is -0.226. The van der Waals surface area contributed by atoms with Crippen LogP contribution < -0.4 is 10.6 Å². The van der Waals surface area contributed by atoms with E-state index in [1.54, 1.807) is 14.0 Å². The standard InChI is InChI=1S/C16H27N3O3.HI/c1-11-8-14(12(2)22-11)16(3,20)10-19-15(17-4)18-9-13-6-5-7-21-13;/h8,13,20H,5-7,9-10H2,1-4H3,(H2,17,18,19);1H. The van der Waals surface area contributed by atoms with Gasteiger partial charge in [0.25, 0.3) is 0 Å². The lowest BCUT2D eigenvalue weighted by atomic mass is 9.96. The van der Waals surface area contributed by atoms with Gasteiger partial charge in [-0.1, -0.05) is 0 Å².